The molecule has 0 radical (unpaired) electrons. The quantitative estimate of drug-likeness (QED) is 0.539. The van der Waals surface area contributed by atoms with E-state index in [1.807, 2.05) is 4.90 Å². The minimum absolute atomic E-state index is 0.0352. The van der Waals surface area contributed by atoms with E-state index in [2.05, 4.69) is 4.98 Å². The van der Waals surface area contributed by atoms with Gasteiger partial charge in [0.05, 0.1) is 35.7 Å². The van der Waals surface area contributed by atoms with Crippen molar-refractivity contribution < 1.29 is 27.4 Å². The summed E-state index contributed by atoms with van der Waals surface area (Å²) in [6.07, 6.45) is -3.23. The highest BCUT2D eigenvalue weighted by Crippen LogP contribution is 2.49. The zero-order chi connectivity index (χ0) is 21.3. The van der Waals surface area contributed by atoms with E-state index >= 15 is 0 Å². The summed E-state index contributed by atoms with van der Waals surface area (Å²) in [5, 5.41) is 0. The molecule has 1 fully saturated rings. The van der Waals surface area contributed by atoms with Crippen LogP contribution in [-0.2, 0) is 15.7 Å². The van der Waals surface area contributed by atoms with Crippen LogP contribution in [0.15, 0.2) is 36.5 Å². The van der Waals surface area contributed by atoms with Crippen molar-refractivity contribution in [2.45, 2.75) is 13.1 Å². The van der Waals surface area contributed by atoms with Crippen molar-refractivity contribution in [1.29, 1.82) is 0 Å². The van der Waals surface area contributed by atoms with E-state index in [1.165, 1.54) is 6.20 Å². The molecule has 0 amide bonds. The van der Waals surface area contributed by atoms with E-state index in [0.717, 1.165) is 0 Å². The molecule has 0 saturated carbocycles. The zero-order valence-electron chi connectivity index (χ0n) is 16.2. The average molecular weight is 436 g/mol. The number of nitrogens with zero attached hydrogens (tertiary/aromatic N) is 2. The number of carbonyl (C=O) groups excluding carboxylic acids is 1. The first-order valence-electron chi connectivity index (χ1n) is 9.49. The Hall–Kier alpha value is -2.65. The number of pyridine rings is 1. The molecule has 158 valence electrons. The van der Waals surface area contributed by atoms with Gasteiger partial charge in [0.15, 0.2) is 0 Å². The molecule has 30 heavy (non-hydrogen) atoms. The van der Waals surface area contributed by atoms with E-state index in [-0.39, 0.29) is 23.3 Å². The molecule has 0 spiro atoms. The van der Waals surface area contributed by atoms with Crippen LogP contribution >= 0.6 is 11.3 Å². The normalized spacial score (nSPS) is 14.9. The number of carbonyl (C=O) groups is 1. The number of hydrogen-bond acceptors (Lipinski definition) is 6. The summed E-state index contributed by atoms with van der Waals surface area (Å²) in [5.74, 6) is -0.600. The van der Waals surface area contributed by atoms with Gasteiger partial charge in [-0.15, -0.1) is 11.3 Å². The Balaban J connectivity index is 2.02. The fourth-order valence-corrected chi connectivity index (χ4v) is 4.77. The van der Waals surface area contributed by atoms with Crippen molar-refractivity contribution in [3.05, 3.63) is 47.0 Å². The molecule has 3 aromatic rings. The lowest BCUT2D eigenvalue weighted by atomic mass is 10.0. The third kappa shape index (κ3) is 3.75. The van der Waals surface area contributed by atoms with Crippen LogP contribution in [0.25, 0.3) is 21.3 Å². The molecule has 1 aromatic carbocycles. The molecular formula is C21H19F3N2O3S. The first-order chi connectivity index (χ1) is 14.4. The fourth-order valence-electron chi connectivity index (χ4n) is 3.55. The topological polar surface area (TPSA) is 51.7 Å². The number of morpholine rings is 1. The molecule has 0 unspecified atom stereocenters. The highest BCUT2D eigenvalue weighted by molar-refractivity contribution is 7.20. The lowest BCUT2D eigenvalue weighted by molar-refractivity contribution is -0.133. The summed E-state index contributed by atoms with van der Waals surface area (Å²) in [4.78, 5) is 18.0. The largest absolute Gasteiger partial charge is 0.462 e. The van der Waals surface area contributed by atoms with Gasteiger partial charge in [0.1, 0.15) is 10.4 Å². The van der Waals surface area contributed by atoms with Crippen LogP contribution in [0.2, 0.25) is 0 Å². The number of ether oxygens (including phenoxy) is 2. The van der Waals surface area contributed by atoms with Crippen molar-refractivity contribution in [1.82, 2.24) is 4.98 Å². The molecular weight excluding hydrogens is 417 g/mol. The van der Waals surface area contributed by atoms with Crippen molar-refractivity contribution in [3.8, 4) is 11.1 Å². The van der Waals surface area contributed by atoms with E-state index in [9.17, 15) is 18.0 Å². The molecule has 1 aliphatic heterocycles. The number of alkyl halides is 3. The predicted molar refractivity (Wildman–Crippen MR) is 109 cm³/mol. The number of rotatable bonds is 4. The average Bonchev–Trinajstić information content (AvgIpc) is 3.14. The Labute approximate surface area is 175 Å². The molecule has 0 N–H and O–H groups in total. The highest BCUT2D eigenvalue weighted by atomic mass is 32.1. The predicted octanol–water partition coefficient (Wildman–Crippen LogP) is 5.00. The summed E-state index contributed by atoms with van der Waals surface area (Å²) in [6.45, 7) is 3.62. The van der Waals surface area contributed by atoms with Gasteiger partial charge in [0, 0.05) is 24.8 Å². The first kappa shape index (κ1) is 20.6. The maximum absolute atomic E-state index is 14.0. The SMILES string of the molecule is CCOC(=O)c1cnc2c(-c3ccccc3)c(C(F)(F)F)sc2c1N1CCOCC1. The maximum Gasteiger partial charge on any atom is 0.426 e. The number of esters is 1. The first-order valence-corrected chi connectivity index (χ1v) is 10.3. The van der Waals surface area contributed by atoms with Gasteiger partial charge in [-0.25, -0.2) is 4.79 Å². The molecule has 0 bridgehead atoms. The second-order valence-corrected chi connectivity index (χ2v) is 7.71. The van der Waals surface area contributed by atoms with E-state index in [1.54, 1.807) is 37.3 Å². The molecule has 4 rings (SSSR count). The smallest absolute Gasteiger partial charge is 0.426 e. The number of fused-ring (bicyclic) bond motifs is 1. The molecule has 3 heterocycles. The van der Waals surface area contributed by atoms with Crippen LogP contribution in [-0.4, -0.2) is 43.9 Å². The summed E-state index contributed by atoms with van der Waals surface area (Å²) in [7, 11) is 0. The van der Waals surface area contributed by atoms with Gasteiger partial charge in [0.25, 0.3) is 0 Å². The van der Waals surface area contributed by atoms with Gasteiger partial charge in [-0.05, 0) is 12.5 Å². The Morgan fingerprint density at radius 1 is 1.23 bits per heavy atom. The molecule has 9 heteroatoms. The van der Waals surface area contributed by atoms with Crippen molar-refractivity contribution in [2.24, 2.45) is 0 Å². The molecule has 0 aliphatic carbocycles. The molecule has 0 atom stereocenters. The number of thiophene rings is 1. The van der Waals surface area contributed by atoms with Crippen LogP contribution in [0, 0.1) is 0 Å². The van der Waals surface area contributed by atoms with E-state index in [0.29, 0.717) is 53.6 Å². The minimum Gasteiger partial charge on any atom is -0.462 e. The zero-order valence-corrected chi connectivity index (χ0v) is 17.0. The van der Waals surface area contributed by atoms with Crippen LogP contribution < -0.4 is 4.90 Å². The molecule has 1 saturated heterocycles. The standard InChI is InChI=1S/C21H19F3N2O3S/c1-2-29-20(27)14-12-25-16-15(13-6-4-3-5-7-13)19(21(22,23)24)30-18(16)17(14)26-8-10-28-11-9-26/h3-7,12H,2,8-11H2,1H3. The molecule has 1 aliphatic rings. The summed E-state index contributed by atoms with van der Waals surface area (Å²) < 4.78 is 52.8. The van der Waals surface area contributed by atoms with E-state index in [4.69, 9.17) is 9.47 Å². The van der Waals surface area contributed by atoms with Crippen molar-refractivity contribution in [3.63, 3.8) is 0 Å². The van der Waals surface area contributed by atoms with E-state index < -0.39 is 17.0 Å². The lowest BCUT2D eigenvalue weighted by Gasteiger charge is -2.30. The third-order valence-electron chi connectivity index (χ3n) is 4.82. The minimum atomic E-state index is -4.55. The number of aromatic nitrogens is 1. The Bertz CT molecular complexity index is 1060. The number of benzene rings is 1. The summed E-state index contributed by atoms with van der Waals surface area (Å²) >= 11 is 0.618. The molecule has 5 nitrogen and oxygen atoms in total. The van der Waals surface area contributed by atoms with Crippen LogP contribution in [0.4, 0.5) is 18.9 Å². The summed E-state index contributed by atoms with van der Waals surface area (Å²) in [6, 6.07) is 8.39. The van der Waals surface area contributed by atoms with Crippen molar-refractivity contribution in [2.75, 3.05) is 37.8 Å². The van der Waals surface area contributed by atoms with Gasteiger partial charge in [-0.2, -0.15) is 13.2 Å². The fraction of sp³-hybridized carbons (Fsp3) is 0.333. The van der Waals surface area contributed by atoms with Crippen LogP contribution in [0.5, 0.6) is 0 Å². The maximum atomic E-state index is 14.0. The summed E-state index contributed by atoms with van der Waals surface area (Å²) in [5.41, 5.74) is 1.29. The van der Waals surface area contributed by atoms with Gasteiger partial charge < -0.3 is 14.4 Å². The van der Waals surface area contributed by atoms with Gasteiger partial charge >= 0.3 is 12.1 Å². The second-order valence-electron chi connectivity index (χ2n) is 6.69. The highest BCUT2D eigenvalue weighted by Gasteiger charge is 2.39. The Morgan fingerprint density at radius 2 is 1.93 bits per heavy atom. The monoisotopic (exact) mass is 436 g/mol. The van der Waals surface area contributed by atoms with Gasteiger partial charge in [0.2, 0.25) is 0 Å². The second kappa shape index (κ2) is 8.23. The Morgan fingerprint density at radius 3 is 2.57 bits per heavy atom. The van der Waals surface area contributed by atoms with Gasteiger partial charge in [-0.3, -0.25) is 4.98 Å². The lowest BCUT2D eigenvalue weighted by Crippen LogP contribution is -2.37. The van der Waals surface area contributed by atoms with Crippen molar-refractivity contribution >= 4 is 33.2 Å². The van der Waals surface area contributed by atoms with Crippen LogP contribution in [0.1, 0.15) is 22.2 Å². The van der Waals surface area contributed by atoms with Gasteiger partial charge in [-0.1, -0.05) is 30.3 Å². The van der Waals surface area contributed by atoms with Crippen LogP contribution in [0.3, 0.4) is 0 Å². The molecule has 2 aromatic heterocycles. The Kier molecular flexibility index (Phi) is 5.66. The number of hydrogen-bond donors (Lipinski definition) is 0. The number of anilines is 1. The third-order valence-corrected chi connectivity index (χ3v) is 6.05. The number of halogens is 3.